The third-order valence-electron chi connectivity index (χ3n) is 4.14. The minimum Gasteiger partial charge on any atom is -0.454 e. The zero-order chi connectivity index (χ0) is 16.2. The van der Waals surface area contributed by atoms with Gasteiger partial charge >= 0.3 is 0 Å². The molecule has 2 heterocycles. The molecule has 0 amide bonds. The standard InChI is InChI=1S/C17H25BrN2O3/c1-12-9-20(10-13(2)23-12)5-3-4-19-8-14-6-15(18)17-16(7-14)21-11-22-17/h6-7,12-13,19H,3-5,8-11H2,1-2H3/t12-,13-/m0/s1. The number of halogens is 1. The molecular formula is C17H25BrN2O3. The molecule has 2 atom stereocenters. The summed E-state index contributed by atoms with van der Waals surface area (Å²) in [6.07, 6.45) is 1.83. The largest absolute Gasteiger partial charge is 0.454 e. The number of hydrogen-bond acceptors (Lipinski definition) is 5. The van der Waals surface area contributed by atoms with Crippen molar-refractivity contribution in [3.63, 3.8) is 0 Å². The van der Waals surface area contributed by atoms with Crippen LogP contribution in [0.5, 0.6) is 11.5 Å². The van der Waals surface area contributed by atoms with E-state index < -0.39 is 0 Å². The number of rotatable bonds is 6. The molecule has 6 heteroatoms. The Hall–Kier alpha value is -0.820. The maximum Gasteiger partial charge on any atom is 0.231 e. The first-order valence-electron chi connectivity index (χ1n) is 8.28. The summed E-state index contributed by atoms with van der Waals surface area (Å²) in [6.45, 7) is 9.66. The van der Waals surface area contributed by atoms with Crippen molar-refractivity contribution < 1.29 is 14.2 Å². The molecule has 1 fully saturated rings. The van der Waals surface area contributed by atoms with Gasteiger partial charge in [-0.1, -0.05) is 0 Å². The Kier molecular flexibility index (Phi) is 5.80. The predicted octanol–water partition coefficient (Wildman–Crippen LogP) is 2.77. The molecule has 0 aliphatic carbocycles. The molecule has 0 spiro atoms. The summed E-state index contributed by atoms with van der Waals surface area (Å²) in [5.74, 6) is 1.64. The minimum atomic E-state index is 0.307. The average Bonchev–Trinajstić information content (AvgIpc) is 2.95. The van der Waals surface area contributed by atoms with E-state index in [1.54, 1.807) is 0 Å². The lowest BCUT2D eigenvalue weighted by molar-refractivity contribution is -0.0680. The second-order valence-electron chi connectivity index (χ2n) is 6.36. The summed E-state index contributed by atoms with van der Waals surface area (Å²) in [5.41, 5.74) is 1.20. The van der Waals surface area contributed by atoms with Crippen LogP contribution in [0.4, 0.5) is 0 Å². The van der Waals surface area contributed by atoms with Crippen LogP contribution in [0.2, 0.25) is 0 Å². The highest BCUT2D eigenvalue weighted by Gasteiger charge is 2.21. The number of benzene rings is 1. The average molecular weight is 385 g/mol. The second kappa shape index (κ2) is 7.83. The van der Waals surface area contributed by atoms with Crippen LogP contribution in [0, 0.1) is 0 Å². The Morgan fingerprint density at radius 1 is 1.22 bits per heavy atom. The number of nitrogens with zero attached hydrogens (tertiary/aromatic N) is 1. The van der Waals surface area contributed by atoms with Gasteiger partial charge in [-0.05, 0) is 67.0 Å². The van der Waals surface area contributed by atoms with E-state index in [4.69, 9.17) is 14.2 Å². The van der Waals surface area contributed by atoms with Crippen LogP contribution < -0.4 is 14.8 Å². The second-order valence-corrected chi connectivity index (χ2v) is 7.21. The molecule has 5 nitrogen and oxygen atoms in total. The number of morpholine rings is 1. The van der Waals surface area contributed by atoms with Gasteiger partial charge < -0.3 is 19.5 Å². The first kappa shape index (κ1) is 17.0. The van der Waals surface area contributed by atoms with Crippen molar-refractivity contribution in [3.8, 4) is 11.5 Å². The van der Waals surface area contributed by atoms with Gasteiger partial charge in [-0.2, -0.15) is 0 Å². The normalized spacial score (nSPS) is 24.1. The molecule has 1 N–H and O–H groups in total. The fourth-order valence-corrected chi connectivity index (χ4v) is 3.85. The highest BCUT2D eigenvalue weighted by atomic mass is 79.9. The van der Waals surface area contributed by atoms with Gasteiger partial charge in [0.1, 0.15) is 0 Å². The molecule has 3 rings (SSSR count). The van der Waals surface area contributed by atoms with Crippen molar-refractivity contribution in [3.05, 3.63) is 22.2 Å². The summed E-state index contributed by atoms with van der Waals surface area (Å²) >= 11 is 3.53. The Labute approximate surface area is 146 Å². The highest BCUT2D eigenvalue weighted by Crippen LogP contribution is 2.39. The Bertz CT molecular complexity index is 531. The molecule has 1 aromatic carbocycles. The maximum atomic E-state index is 5.77. The summed E-state index contributed by atoms with van der Waals surface area (Å²) in [6, 6.07) is 4.14. The van der Waals surface area contributed by atoms with E-state index in [2.05, 4.69) is 46.1 Å². The molecule has 0 unspecified atom stereocenters. The van der Waals surface area contributed by atoms with Crippen molar-refractivity contribution in [2.45, 2.75) is 39.0 Å². The summed E-state index contributed by atoms with van der Waals surface area (Å²) in [7, 11) is 0. The van der Waals surface area contributed by atoms with E-state index in [1.165, 1.54) is 5.56 Å². The smallest absolute Gasteiger partial charge is 0.231 e. The molecule has 0 saturated carbocycles. The number of hydrogen-bond donors (Lipinski definition) is 1. The van der Waals surface area contributed by atoms with E-state index in [9.17, 15) is 0 Å². The molecule has 2 aliphatic heterocycles. The van der Waals surface area contributed by atoms with E-state index in [0.29, 0.717) is 19.0 Å². The minimum absolute atomic E-state index is 0.307. The lowest BCUT2D eigenvalue weighted by Gasteiger charge is -2.35. The van der Waals surface area contributed by atoms with Gasteiger partial charge in [0.05, 0.1) is 16.7 Å². The quantitative estimate of drug-likeness (QED) is 0.763. The topological polar surface area (TPSA) is 43.0 Å². The van der Waals surface area contributed by atoms with Gasteiger partial charge in [0.25, 0.3) is 0 Å². The zero-order valence-electron chi connectivity index (χ0n) is 13.8. The lowest BCUT2D eigenvalue weighted by atomic mass is 10.2. The first-order valence-corrected chi connectivity index (χ1v) is 9.07. The number of nitrogens with one attached hydrogen (secondary N) is 1. The van der Waals surface area contributed by atoms with E-state index in [-0.39, 0.29) is 0 Å². The van der Waals surface area contributed by atoms with Crippen molar-refractivity contribution in [1.29, 1.82) is 0 Å². The van der Waals surface area contributed by atoms with Crippen molar-refractivity contribution >= 4 is 15.9 Å². The maximum absolute atomic E-state index is 5.77. The fourth-order valence-electron chi connectivity index (χ4n) is 3.25. The Morgan fingerprint density at radius 3 is 2.78 bits per heavy atom. The molecular weight excluding hydrogens is 360 g/mol. The van der Waals surface area contributed by atoms with Crippen LogP contribution in [0.3, 0.4) is 0 Å². The van der Waals surface area contributed by atoms with Crippen LogP contribution in [0.1, 0.15) is 25.8 Å². The third kappa shape index (κ3) is 4.59. The van der Waals surface area contributed by atoms with Crippen LogP contribution in [-0.4, -0.2) is 50.1 Å². The van der Waals surface area contributed by atoms with E-state index in [1.807, 2.05) is 6.07 Å². The molecule has 128 valence electrons. The summed E-state index contributed by atoms with van der Waals surface area (Å²) in [5, 5.41) is 3.51. The zero-order valence-corrected chi connectivity index (χ0v) is 15.4. The number of ether oxygens (including phenoxy) is 3. The fraction of sp³-hybridized carbons (Fsp3) is 0.647. The van der Waals surface area contributed by atoms with Crippen molar-refractivity contribution in [2.24, 2.45) is 0 Å². The van der Waals surface area contributed by atoms with Crippen molar-refractivity contribution in [1.82, 2.24) is 10.2 Å². The Balaban J connectivity index is 1.38. The molecule has 0 bridgehead atoms. The molecule has 0 radical (unpaired) electrons. The molecule has 0 aromatic heterocycles. The van der Waals surface area contributed by atoms with Crippen LogP contribution in [0.25, 0.3) is 0 Å². The highest BCUT2D eigenvalue weighted by molar-refractivity contribution is 9.10. The first-order chi connectivity index (χ1) is 11.1. The van der Waals surface area contributed by atoms with Gasteiger partial charge in [-0.15, -0.1) is 0 Å². The van der Waals surface area contributed by atoms with Gasteiger partial charge in [0.15, 0.2) is 11.5 Å². The molecule has 1 saturated heterocycles. The SMILES string of the molecule is C[C@H]1CN(CCCNCc2cc(Br)c3c(c2)OCO3)C[C@H](C)O1. The Morgan fingerprint density at radius 2 is 2.00 bits per heavy atom. The van der Waals surface area contributed by atoms with Gasteiger partial charge in [0.2, 0.25) is 6.79 Å². The van der Waals surface area contributed by atoms with Crippen LogP contribution >= 0.6 is 15.9 Å². The van der Waals surface area contributed by atoms with E-state index in [0.717, 1.165) is 55.1 Å². The van der Waals surface area contributed by atoms with E-state index >= 15 is 0 Å². The van der Waals surface area contributed by atoms with Gasteiger partial charge in [-0.3, -0.25) is 4.90 Å². The van der Waals surface area contributed by atoms with Crippen LogP contribution in [-0.2, 0) is 11.3 Å². The summed E-state index contributed by atoms with van der Waals surface area (Å²) < 4.78 is 17.6. The predicted molar refractivity (Wildman–Crippen MR) is 93.0 cm³/mol. The third-order valence-corrected chi connectivity index (χ3v) is 4.73. The van der Waals surface area contributed by atoms with Crippen molar-refractivity contribution in [2.75, 3.05) is 33.0 Å². The van der Waals surface area contributed by atoms with Crippen LogP contribution in [0.15, 0.2) is 16.6 Å². The molecule has 23 heavy (non-hydrogen) atoms. The molecule has 1 aromatic rings. The monoisotopic (exact) mass is 384 g/mol. The number of fused-ring (bicyclic) bond motifs is 1. The molecule has 2 aliphatic rings. The van der Waals surface area contributed by atoms with Gasteiger partial charge in [-0.25, -0.2) is 0 Å². The lowest BCUT2D eigenvalue weighted by Crippen LogP contribution is -2.46. The summed E-state index contributed by atoms with van der Waals surface area (Å²) in [4.78, 5) is 2.50. The van der Waals surface area contributed by atoms with Gasteiger partial charge in [0, 0.05) is 19.6 Å².